The number of rotatable bonds is 6. The number of ether oxygens (including phenoxy) is 1. The van der Waals surface area contributed by atoms with Crippen molar-refractivity contribution in [1.29, 1.82) is 0 Å². The number of amides is 1. The van der Waals surface area contributed by atoms with E-state index >= 15 is 0 Å². The number of nitrogens with two attached hydrogens (primary N) is 1. The molecular formula is C15H21FN2O3. The maximum atomic E-state index is 12.9. The van der Waals surface area contributed by atoms with Crippen LogP contribution in [0.4, 0.5) is 10.1 Å². The third-order valence-corrected chi connectivity index (χ3v) is 3.00. The Bertz CT molecular complexity index is 520. The SMILES string of the molecule is CCCC(C)NC(=O)C(C)OC(=O)c1ccc(F)cc1N. The van der Waals surface area contributed by atoms with Crippen molar-refractivity contribution in [3.8, 4) is 0 Å². The molecule has 0 aromatic heterocycles. The van der Waals surface area contributed by atoms with E-state index in [0.29, 0.717) is 0 Å². The first-order valence-corrected chi connectivity index (χ1v) is 6.91. The van der Waals surface area contributed by atoms with Crippen molar-refractivity contribution >= 4 is 17.6 Å². The first-order chi connectivity index (χ1) is 9.85. The predicted octanol–water partition coefficient (Wildman–Crippen LogP) is 2.26. The lowest BCUT2D eigenvalue weighted by Crippen LogP contribution is -2.40. The van der Waals surface area contributed by atoms with E-state index in [4.69, 9.17) is 10.5 Å². The second-order valence-electron chi connectivity index (χ2n) is 4.98. The summed E-state index contributed by atoms with van der Waals surface area (Å²) in [6, 6.07) is 3.39. The summed E-state index contributed by atoms with van der Waals surface area (Å²) in [7, 11) is 0. The van der Waals surface area contributed by atoms with Crippen LogP contribution < -0.4 is 11.1 Å². The minimum atomic E-state index is -0.943. The van der Waals surface area contributed by atoms with Crippen molar-refractivity contribution in [3.63, 3.8) is 0 Å². The quantitative estimate of drug-likeness (QED) is 0.623. The van der Waals surface area contributed by atoms with Crippen LogP contribution in [0, 0.1) is 5.82 Å². The zero-order chi connectivity index (χ0) is 16.0. The van der Waals surface area contributed by atoms with Gasteiger partial charge in [-0.3, -0.25) is 4.79 Å². The van der Waals surface area contributed by atoms with Gasteiger partial charge in [0.25, 0.3) is 5.91 Å². The fourth-order valence-electron chi connectivity index (χ4n) is 1.86. The lowest BCUT2D eigenvalue weighted by molar-refractivity contribution is -0.129. The molecular weight excluding hydrogens is 275 g/mol. The summed E-state index contributed by atoms with van der Waals surface area (Å²) in [5, 5.41) is 2.75. The zero-order valence-electron chi connectivity index (χ0n) is 12.5. The lowest BCUT2D eigenvalue weighted by Gasteiger charge is -2.17. The molecule has 0 radical (unpaired) electrons. The fraction of sp³-hybridized carbons (Fsp3) is 0.467. The van der Waals surface area contributed by atoms with Gasteiger partial charge in [-0.15, -0.1) is 0 Å². The molecule has 3 N–H and O–H groups in total. The van der Waals surface area contributed by atoms with Crippen LogP contribution in [0.25, 0.3) is 0 Å². The Balaban J connectivity index is 2.63. The number of anilines is 1. The van der Waals surface area contributed by atoms with Crippen molar-refractivity contribution in [3.05, 3.63) is 29.6 Å². The number of halogens is 1. The molecule has 0 spiro atoms. The Morgan fingerprint density at radius 2 is 2.05 bits per heavy atom. The summed E-state index contributed by atoms with van der Waals surface area (Å²) in [5.41, 5.74) is 5.57. The number of hydrogen-bond donors (Lipinski definition) is 2. The molecule has 1 aromatic rings. The van der Waals surface area contributed by atoms with Crippen molar-refractivity contribution < 1.29 is 18.7 Å². The van der Waals surface area contributed by atoms with E-state index in [1.807, 2.05) is 13.8 Å². The number of nitrogen functional groups attached to an aromatic ring is 1. The summed E-state index contributed by atoms with van der Waals surface area (Å²) < 4.78 is 18.0. The number of carbonyl (C=O) groups is 2. The molecule has 1 aromatic carbocycles. The molecule has 0 aliphatic heterocycles. The maximum Gasteiger partial charge on any atom is 0.341 e. The van der Waals surface area contributed by atoms with Crippen LogP contribution in [0.2, 0.25) is 0 Å². The molecule has 0 heterocycles. The molecule has 0 aliphatic rings. The highest BCUT2D eigenvalue weighted by Gasteiger charge is 2.21. The first kappa shape index (κ1) is 16.9. The molecule has 6 heteroatoms. The zero-order valence-corrected chi connectivity index (χ0v) is 12.5. The summed E-state index contributed by atoms with van der Waals surface area (Å²) in [6.07, 6.45) is 0.847. The monoisotopic (exact) mass is 296 g/mol. The molecule has 5 nitrogen and oxygen atoms in total. The average molecular weight is 296 g/mol. The van der Waals surface area contributed by atoms with Gasteiger partial charge < -0.3 is 15.8 Å². The molecule has 116 valence electrons. The Hall–Kier alpha value is -2.11. The van der Waals surface area contributed by atoms with Crippen LogP contribution in [0.15, 0.2) is 18.2 Å². The molecule has 0 saturated carbocycles. The molecule has 2 atom stereocenters. The van der Waals surface area contributed by atoms with Gasteiger partial charge in [-0.05, 0) is 38.5 Å². The topological polar surface area (TPSA) is 81.4 Å². The van der Waals surface area contributed by atoms with E-state index in [9.17, 15) is 14.0 Å². The molecule has 1 amide bonds. The lowest BCUT2D eigenvalue weighted by atomic mass is 10.1. The summed E-state index contributed by atoms with van der Waals surface area (Å²) in [6.45, 7) is 5.38. The summed E-state index contributed by atoms with van der Waals surface area (Å²) in [4.78, 5) is 23.8. The fourth-order valence-corrected chi connectivity index (χ4v) is 1.86. The Labute approximate surface area is 123 Å². The van der Waals surface area contributed by atoms with Gasteiger partial charge in [0, 0.05) is 11.7 Å². The summed E-state index contributed by atoms with van der Waals surface area (Å²) >= 11 is 0. The normalized spacial score (nSPS) is 13.3. The van der Waals surface area contributed by atoms with E-state index in [2.05, 4.69) is 5.32 Å². The number of nitrogens with one attached hydrogen (secondary N) is 1. The third-order valence-electron chi connectivity index (χ3n) is 3.00. The standard InChI is InChI=1S/C15H21FN2O3/c1-4-5-9(2)18-14(19)10(3)21-15(20)12-7-6-11(16)8-13(12)17/h6-10H,4-5,17H2,1-3H3,(H,18,19). The van der Waals surface area contributed by atoms with Crippen molar-refractivity contribution in [1.82, 2.24) is 5.32 Å². The van der Waals surface area contributed by atoms with Crippen LogP contribution in [-0.4, -0.2) is 24.0 Å². The van der Waals surface area contributed by atoms with Crippen LogP contribution in [0.1, 0.15) is 44.0 Å². The molecule has 0 fully saturated rings. The third kappa shape index (κ3) is 5.06. The second kappa shape index (κ2) is 7.61. The highest BCUT2D eigenvalue weighted by molar-refractivity contribution is 5.96. The van der Waals surface area contributed by atoms with Crippen LogP contribution in [0.5, 0.6) is 0 Å². The first-order valence-electron chi connectivity index (χ1n) is 6.91. The largest absolute Gasteiger partial charge is 0.449 e. The Morgan fingerprint density at radius 3 is 2.62 bits per heavy atom. The van der Waals surface area contributed by atoms with Crippen molar-refractivity contribution in [2.75, 3.05) is 5.73 Å². The molecule has 0 saturated heterocycles. The highest BCUT2D eigenvalue weighted by atomic mass is 19.1. The van der Waals surface area contributed by atoms with Gasteiger partial charge in [-0.25, -0.2) is 9.18 Å². The Kier molecular flexibility index (Phi) is 6.14. The molecule has 1 rings (SSSR count). The van der Waals surface area contributed by atoms with Gasteiger partial charge in [-0.1, -0.05) is 13.3 Å². The smallest absolute Gasteiger partial charge is 0.341 e. The number of hydrogen-bond acceptors (Lipinski definition) is 4. The highest BCUT2D eigenvalue weighted by Crippen LogP contribution is 2.15. The van der Waals surface area contributed by atoms with Gasteiger partial charge in [0.2, 0.25) is 0 Å². The van der Waals surface area contributed by atoms with Crippen molar-refractivity contribution in [2.24, 2.45) is 0 Å². The maximum absolute atomic E-state index is 12.9. The van der Waals surface area contributed by atoms with Gasteiger partial charge in [0.15, 0.2) is 6.10 Å². The molecule has 0 aliphatic carbocycles. The van der Waals surface area contributed by atoms with Crippen LogP contribution >= 0.6 is 0 Å². The van der Waals surface area contributed by atoms with Crippen LogP contribution in [-0.2, 0) is 9.53 Å². The minimum absolute atomic E-state index is 0.0135. The summed E-state index contributed by atoms with van der Waals surface area (Å²) in [5.74, 6) is -1.66. The molecule has 2 unspecified atom stereocenters. The van der Waals surface area contributed by atoms with Gasteiger partial charge in [-0.2, -0.15) is 0 Å². The van der Waals surface area contributed by atoms with Crippen molar-refractivity contribution in [2.45, 2.75) is 45.8 Å². The van der Waals surface area contributed by atoms with Gasteiger partial charge >= 0.3 is 5.97 Å². The minimum Gasteiger partial charge on any atom is -0.449 e. The average Bonchev–Trinajstić information content (AvgIpc) is 2.38. The number of carbonyl (C=O) groups excluding carboxylic acids is 2. The van der Waals surface area contributed by atoms with E-state index < -0.39 is 17.9 Å². The number of esters is 1. The second-order valence-corrected chi connectivity index (χ2v) is 4.98. The van der Waals surface area contributed by atoms with Gasteiger partial charge in [0.05, 0.1) is 5.56 Å². The van der Waals surface area contributed by atoms with E-state index in [0.717, 1.165) is 25.0 Å². The van der Waals surface area contributed by atoms with Crippen LogP contribution in [0.3, 0.4) is 0 Å². The molecule has 21 heavy (non-hydrogen) atoms. The predicted molar refractivity (Wildman–Crippen MR) is 78.2 cm³/mol. The van der Waals surface area contributed by atoms with E-state index in [1.165, 1.54) is 13.0 Å². The number of benzene rings is 1. The van der Waals surface area contributed by atoms with Gasteiger partial charge in [0.1, 0.15) is 5.82 Å². The van der Waals surface area contributed by atoms with E-state index in [-0.39, 0.29) is 23.2 Å². The Morgan fingerprint density at radius 1 is 1.38 bits per heavy atom. The molecule has 0 bridgehead atoms. The van der Waals surface area contributed by atoms with E-state index in [1.54, 1.807) is 0 Å².